The molecular weight excluding hydrogens is 326 g/mol. The van der Waals surface area contributed by atoms with Crippen LogP contribution in [0.3, 0.4) is 0 Å². The van der Waals surface area contributed by atoms with E-state index in [1.807, 2.05) is 12.1 Å². The zero-order valence-electron chi connectivity index (χ0n) is 15.7. The summed E-state index contributed by atoms with van der Waals surface area (Å²) in [5.41, 5.74) is 1.98. The molecule has 0 bridgehead atoms. The van der Waals surface area contributed by atoms with Crippen LogP contribution in [0.15, 0.2) is 18.2 Å². The fourth-order valence-electron chi connectivity index (χ4n) is 4.40. The predicted octanol–water partition coefficient (Wildman–Crippen LogP) is 3.09. The number of pyridine rings is 1. The lowest BCUT2D eigenvalue weighted by Gasteiger charge is -2.33. The van der Waals surface area contributed by atoms with E-state index in [1.165, 1.54) is 25.7 Å². The van der Waals surface area contributed by atoms with Gasteiger partial charge in [0.1, 0.15) is 0 Å². The number of rotatable bonds is 3. The summed E-state index contributed by atoms with van der Waals surface area (Å²) >= 11 is 0. The van der Waals surface area contributed by atoms with Gasteiger partial charge in [-0.05, 0) is 44.7 Å². The Kier molecular flexibility index (Phi) is 5.09. The molecule has 2 aromatic heterocycles. The topological polar surface area (TPSA) is 62.5 Å². The van der Waals surface area contributed by atoms with Crippen LogP contribution in [-0.2, 0) is 4.79 Å². The third kappa shape index (κ3) is 3.55. The Balaban J connectivity index is 1.46. The quantitative estimate of drug-likeness (QED) is 0.860. The maximum absolute atomic E-state index is 12.8. The summed E-state index contributed by atoms with van der Waals surface area (Å²) < 4.78 is 2.09. The van der Waals surface area contributed by atoms with E-state index in [4.69, 9.17) is 0 Å². The number of nitrogens with one attached hydrogen (secondary N) is 1. The zero-order valence-corrected chi connectivity index (χ0v) is 15.7. The van der Waals surface area contributed by atoms with Crippen molar-refractivity contribution >= 4 is 17.5 Å². The number of hydrogen-bond donors (Lipinski definition) is 1. The van der Waals surface area contributed by atoms with Gasteiger partial charge in [-0.3, -0.25) is 9.20 Å². The number of piperidine rings is 1. The molecule has 4 rings (SSSR count). The number of amides is 1. The first-order chi connectivity index (χ1) is 12.7. The summed E-state index contributed by atoms with van der Waals surface area (Å²) in [6.07, 6.45) is 9.35. The molecule has 0 unspecified atom stereocenters. The van der Waals surface area contributed by atoms with Crippen LogP contribution in [0.1, 0.15) is 57.1 Å². The molecule has 1 atom stereocenters. The standard InChI is InChI=1S/C20H29N5O/c1-15-8-6-12-18-22-23-20(25(15)18)24-13-7-9-16(14-24)19(26)21-17-10-4-2-3-5-11-17/h6,8,12,16-17H,2-5,7,9-11,13-14H2,1H3,(H,21,26)/t16-/m1/s1. The molecule has 2 aliphatic rings. The van der Waals surface area contributed by atoms with Gasteiger partial charge < -0.3 is 10.2 Å². The maximum atomic E-state index is 12.8. The van der Waals surface area contributed by atoms with E-state index in [0.717, 1.165) is 56.1 Å². The Bertz CT molecular complexity index is 763. The summed E-state index contributed by atoms with van der Waals surface area (Å²) in [4.78, 5) is 15.1. The highest BCUT2D eigenvalue weighted by molar-refractivity contribution is 5.79. The van der Waals surface area contributed by atoms with E-state index < -0.39 is 0 Å². The molecule has 2 fully saturated rings. The van der Waals surface area contributed by atoms with E-state index in [2.05, 4.69) is 37.8 Å². The van der Waals surface area contributed by atoms with Crippen LogP contribution in [0.25, 0.3) is 5.65 Å². The van der Waals surface area contributed by atoms with E-state index in [0.29, 0.717) is 6.04 Å². The van der Waals surface area contributed by atoms with Crippen LogP contribution in [-0.4, -0.2) is 39.6 Å². The van der Waals surface area contributed by atoms with Crippen molar-refractivity contribution in [1.82, 2.24) is 19.9 Å². The second-order valence-electron chi connectivity index (χ2n) is 7.84. The molecule has 6 nitrogen and oxygen atoms in total. The van der Waals surface area contributed by atoms with Gasteiger partial charge in [0, 0.05) is 24.8 Å². The Hall–Kier alpha value is -2.11. The van der Waals surface area contributed by atoms with Gasteiger partial charge in [-0.25, -0.2) is 0 Å². The third-order valence-electron chi connectivity index (χ3n) is 5.88. The Morgan fingerprint density at radius 3 is 2.69 bits per heavy atom. The fraction of sp³-hybridized carbons (Fsp3) is 0.650. The van der Waals surface area contributed by atoms with Crippen LogP contribution < -0.4 is 10.2 Å². The fourth-order valence-corrected chi connectivity index (χ4v) is 4.40. The molecule has 6 heteroatoms. The van der Waals surface area contributed by atoms with Crippen molar-refractivity contribution in [3.05, 3.63) is 23.9 Å². The van der Waals surface area contributed by atoms with Crippen molar-refractivity contribution < 1.29 is 4.79 Å². The molecule has 0 radical (unpaired) electrons. The highest BCUT2D eigenvalue weighted by atomic mass is 16.2. The summed E-state index contributed by atoms with van der Waals surface area (Å²) in [5, 5.41) is 12.0. The molecule has 0 spiro atoms. The molecule has 1 aliphatic carbocycles. The van der Waals surface area contributed by atoms with Gasteiger partial charge in [0.15, 0.2) is 5.65 Å². The highest BCUT2D eigenvalue weighted by Crippen LogP contribution is 2.24. The van der Waals surface area contributed by atoms with Gasteiger partial charge in [-0.2, -0.15) is 0 Å². The van der Waals surface area contributed by atoms with Crippen molar-refractivity contribution in [2.75, 3.05) is 18.0 Å². The Morgan fingerprint density at radius 2 is 1.88 bits per heavy atom. The molecule has 1 saturated heterocycles. The van der Waals surface area contributed by atoms with E-state index in [-0.39, 0.29) is 11.8 Å². The second-order valence-corrected chi connectivity index (χ2v) is 7.84. The van der Waals surface area contributed by atoms with Crippen molar-refractivity contribution in [2.24, 2.45) is 5.92 Å². The zero-order chi connectivity index (χ0) is 17.9. The predicted molar refractivity (Wildman–Crippen MR) is 102 cm³/mol. The highest BCUT2D eigenvalue weighted by Gasteiger charge is 2.29. The average Bonchev–Trinajstić information content (AvgIpc) is 2.94. The Labute approximate surface area is 155 Å². The molecule has 3 heterocycles. The van der Waals surface area contributed by atoms with Gasteiger partial charge in [-0.1, -0.05) is 31.7 Å². The third-order valence-corrected chi connectivity index (χ3v) is 5.88. The molecule has 1 aliphatic heterocycles. The number of nitrogens with zero attached hydrogens (tertiary/aromatic N) is 4. The van der Waals surface area contributed by atoms with Crippen molar-refractivity contribution in [2.45, 2.75) is 64.3 Å². The molecular formula is C20H29N5O. The van der Waals surface area contributed by atoms with Crippen LogP contribution in [0, 0.1) is 12.8 Å². The second kappa shape index (κ2) is 7.64. The van der Waals surface area contributed by atoms with Gasteiger partial charge in [0.2, 0.25) is 11.9 Å². The first kappa shape index (κ1) is 17.3. The number of carbonyl (C=O) groups excluding carboxylic acids is 1. The maximum Gasteiger partial charge on any atom is 0.231 e. The first-order valence-corrected chi connectivity index (χ1v) is 10.1. The normalized spacial score (nSPS) is 22.3. The van der Waals surface area contributed by atoms with Crippen LogP contribution >= 0.6 is 0 Å². The summed E-state index contributed by atoms with van der Waals surface area (Å²) in [6.45, 7) is 3.73. The smallest absolute Gasteiger partial charge is 0.231 e. The van der Waals surface area contributed by atoms with Gasteiger partial charge in [-0.15, -0.1) is 10.2 Å². The number of aryl methyl sites for hydroxylation is 1. The van der Waals surface area contributed by atoms with Gasteiger partial charge in [0.25, 0.3) is 0 Å². The molecule has 1 amide bonds. The minimum absolute atomic E-state index is 0.0448. The lowest BCUT2D eigenvalue weighted by molar-refractivity contribution is -0.126. The van der Waals surface area contributed by atoms with Gasteiger partial charge in [0.05, 0.1) is 5.92 Å². The van der Waals surface area contributed by atoms with E-state index in [9.17, 15) is 4.79 Å². The van der Waals surface area contributed by atoms with Crippen molar-refractivity contribution in [3.8, 4) is 0 Å². The minimum Gasteiger partial charge on any atom is -0.353 e. The largest absolute Gasteiger partial charge is 0.353 e. The number of anilines is 1. The number of carbonyl (C=O) groups is 1. The number of aromatic nitrogens is 3. The van der Waals surface area contributed by atoms with Crippen LogP contribution in [0.2, 0.25) is 0 Å². The first-order valence-electron chi connectivity index (χ1n) is 10.1. The summed E-state index contributed by atoms with van der Waals surface area (Å²) in [5.74, 6) is 1.14. The lowest BCUT2D eigenvalue weighted by Crippen LogP contribution is -2.46. The van der Waals surface area contributed by atoms with Crippen molar-refractivity contribution in [1.29, 1.82) is 0 Å². The van der Waals surface area contributed by atoms with Crippen molar-refractivity contribution in [3.63, 3.8) is 0 Å². The molecule has 1 saturated carbocycles. The molecule has 1 N–H and O–H groups in total. The minimum atomic E-state index is 0.0448. The monoisotopic (exact) mass is 355 g/mol. The van der Waals surface area contributed by atoms with E-state index in [1.54, 1.807) is 0 Å². The van der Waals surface area contributed by atoms with Crippen LogP contribution in [0.4, 0.5) is 5.95 Å². The molecule has 0 aromatic carbocycles. The number of hydrogen-bond acceptors (Lipinski definition) is 4. The summed E-state index contributed by atoms with van der Waals surface area (Å²) in [6, 6.07) is 6.42. The van der Waals surface area contributed by atoms with E-state index >= 15 is 0 Å². The molecule has 2 aromatic rings. The lowest BCUT2D eigenvalue weighted by atomic mass is 9.96. The molecule has 26 heavy (non-hydrogen) atoms. The van der Waals surface area contributed by atoms with Gasteiger partial charge >= 0.3 is 0 Å². The summed E-state index contributed by atoms with van der Waals surface area (Å²) in [7, 11) is 0. The Morgan fingerprint density at radius 1 is 1.08 bits per heavy atom. The van der Waals surface area contributed by atoms with Crippen LogP contribution in [0.5, 0.6) is 0 Å². The SMILES string of the molecule is Cc1cccc2nnc(N3CCC[C@@H](C(=O)NC4CCCCCC4)C3)n12. The molecule has 140 valence electrons. The number of fused-ring (bicyclic) bond motifs is 1. The average molecular weight is 355 g/mol.